The van der Waals surface area contributed by atoms with Crippen LogP contribution < -0.4 is 0 Å². The molecule has 1 aromatic heterocycles. The molecule has 0 amide bonds. The Kier molecular flexibility index (Phi) is 4.82. The van der Waals surface area contributed by atoms with Crippen molar-refractivity contribution in [3.05, 3.63) is 64.8 Å². The van der Waals surface area contributed by atoms with Crippen molar-refractivity contribution in [2.24, 2.45) is 0 Å². The number of carbonyl (C=O) groups excluding carboxylic acids is 1. The first kappa shape index (κ1) is 19.5. The SMILES string of the molecule is Cc1ccc(S(=O)(=O)n2c(C(=O)OC(C)(C)C)c(Cl)c3ccccc32)cc1. The number of para-hydroxylation sites is 1. The second-order valence-electron chi connectivity index (χ2n) is 7.26. The first-order valence-corrected chi connectivity index (χ1v) is 10.2. The molecule has 0 saturated heterocycles. The van der Waals surface area contributed by atoms with E-state index in [-0.39, 0.29) is 15.6 Å². The summed E-state index contributed by atoms with van der Waals surface area (Å²) in [6.45, 7) is 6.99. The lowest BCUT2D eigenvalue weighted by molar-refractivity contribution is 0.00622. The molecule has 5 nitrogen and oxygen atoms in total. The van der Waals surface area contributed by atoms with Crippen LogP contribution in [0.3, 0.4) is 0 Å². The molecule has 0 aliphatic heterocycles. The number of halogens is 1. The van der Waals surface area contributed by atoms with Gasteiger partial charge in [0.25, 0.3) is 10.0 Å². The van der Waals surface area contributed by atoms with Gasteiger partial charge in [-0.3, -0.25) is 0 Å². The predicted molar refractivity (Wildman–Crippen MR) is 106 cm³/mol. The second kappa shape index (κ2) is 6.69. The number of fused-ring (bicyclic) bond motifs is 1. The van der Waals surface area contributed by atoms with E-state index in [1.54, 1.807) is 57.2 Å². The van der Waals surface area contributed by atoms with Gasteiger partial charge in [0, 0.05) is 5.39 Å². The highest BCUT2D eigenvalue weighted by Gasteiger charge is 2.32. The van der Waals surface area contributed by atoms with Gasteiger partial charge < -0.3 is 4.74 Å². The molecule has 7 heteroatoms. The molecule has 1 heterocycles. The van der Waals surface area contributed by atoms with E-state index in [0.29, 0.717) is 10.9 Å². The van der Waals surface area contributed by atoms with Crippen molar-refractivity contribution in [3.63, 3.8) is 0 Å². The first-order chi connectivity index (χ1) is 12.5. The van der Waals surface area contributed by atoms with Crippen molar-refractivity contribution in [2.75, 3.05) is 0 Å². The van der Waals surface area contributed by atoms with E-state index in [9.17, 15) is 13.2 Å². The Morgan fingerprint density at radius 2 is 1.63 bits per heavy atom. The normalized spacial score (nSPS) is 12.3. The second-order valence-corrected chi connectivity index (χ2v) is 9.43. The van der Waals surface area contributed by atoms with Crippen molar-refractivity contribution < 1.29 is 17.9 Å². The van der Waals surface area contributed by atoms with E-state index in [1.165, 1.54) is 12.1 Å². The largest absolute Gasteiger partial charge is 0.455 e. The van der Waals surface area contributed by atoms with Crippen LogP contribution in [0.5, 0.6) is 0 Å². The van der Waals surface area contributed by atoms with Gasteiger partial charge in [-0.15, -0.1) is 0 Å². The number of rotatable bonds is 3. The summed E-state index contributed by atoms with van der Waals surface area (Å²) in [7, 11) is -4.06. The van der Waals surface area contributed by atoms with Crippen LogP contribution in [-0.4, -0.2) is 24.0 Å². The molecule has 0 saturated carbocycles. The van der Waals surface area contributed by atoms with E-state index in [1.807, 2.05) is 6.92 Å². The molecule has 2 aromatic carbocycles. The summed E-state index contributed by atoms with van der Waals surface area (Å²) in [6.07, 6.45) is 0. The van der Waals surface area contributed by atoms with Gasteiger partial charge in [0.15, 0.2) is 5.69 Å². The average molecular weight is 406 g/mol. The summed E-state index contributed by atoms with van der Waals surface area (Å²) >= 11 is 6.42. The molecule has 142 valence electrons. The number of esters is 1. The number of hydrogen-bond donors (Lipinski definition) is 0. The zero-order valence-corrected chi connectivity index (χ0v) is 17.1. The molecule has 27 heavy (non-hydrogen) atoms. The van der Waals surface area contributed by atoms with E-state index in [2.05, 4.69) is 0 Å². The standard InChI is InChI=1S/C20H20ClNO4S/c1-13-9-11-14(12-10-13)27(24,25)22-16-8-6-5-7-15(16)17(21)18(22)19(23)26-20(2,3)4/h5-12H,1-4H3. The summed E-state index contributed by atoms with van der Waals surface area (Å²) in [5.41, 5.74) is 0.254. The molecule has 0 fully saturated rings. The molecular weight excluding hydrogens is 386 g/mol. The van der Waals surface area contributed by atoms with E-state index in [4.69, 9.17) is 16.3 Å². The highest BCUT2D eigenvalue weighted by Crippen LogP contribution is 2.35. The number of benzene rings is 2. The van der Waals surface area contributed by atoms with Crippen LogP contribution in [0.4, 0.5) is 0 Å². The maximum Gasteiger partial charge on any atom is 0.358 e. The molecule has 0 unspecified atom stereocenters. The molecular formula is C20H20ClNO4S. The lowest BCUT2D eigenvalue weighted by Gasteiger charge is -2.20. The highest BCUT2D eigenvalue weighted by atomic mass is 35.5. The van der Waals surface area contributed by atoms with Crippen LogP contribution >= 0.6 is 11.6 Å². The van der Waals surface area contributed by atoms with Gasteiger partial charge in [0.2, 0.25) is 0 Å². The quantitative estimate of drug-likeness (QED) is 0.587. The summed E-state index contributed by atoms with van der Waals surface area (Å²) in [5.74, 6) is -0.792. The Morgan fingerprint density at radius 3 is 2.22 bits per heavy atom. The Bertz CT molecular complexity index is 1120. The number of aromatic nitrogens is 1. The van der Waals surface area contributed by atoms with E-state index >= 15 is 0 Å². The molecule has 0 spiro atoms. The number of ether oxygens (including phenoxy) is 1. The zero-order chi connectivity index (χ0) is 20.0. The third kappa shape index (κ3) is 3.59. The maximum absolute atomic E-state index is 13.4. The Morgan fingerprint density at radius 1 is 1.04 bits per heavy atom. The Balaban J connectivity index is 2.32. The fourth-order valence-electron chi connectivity index (χ4n) is 2.74. The van der Waals surface area contributed by atoms with Gasteiger partial charge >= 0.3 is 5.97 Å². The molecule has 3 rings (SSSR count). The number of carbonyl (C=O) groups is 1. The van der Waals surface area contributed by atoms with Crippen molar-refractivity contribution >= 4 is 38.5 Å². The Labute approximate surface area is 163 Å². The van der Waals surface area contributed by atoms with Gasteiger partial charge in [-0.2, -0.15) is 0 Å². The average Bonchev–Trinajstić information content (AvgIpc) is 2.88. The van der Waals surface area contributed by atoms with Gasteiger partial charge in [-0.25, -0.2) is 17.2 Å². The van der Waals surface area contributed by atoms with Crippen LogP contribution in [0.15, 0.2) is 53.4 Å². The number of aryl methyl sites for hydroxylation is 1. The fraction of sp³-hybridized carbons (Fsp3) is 0.250. The van der Waals surface area contributed by atoms with Crippen LogP contribution in [0, 0.1) is 6.92 Å². The summed E-state index contributed by atoms with van der Waals surface area (Å²) < 4.78 is 33.1. The first-order valence-electron chi connectivity index (χ1n) is 8.37. The van der Waals surface area contributed by atoms with Crippen molar-refractivity contribution in [1.29, 1.82) is 0 Å². The van der Waals surface area contributed by atoms with Crippen LogP contribution in [0.1, 0.15) is 36.8 Å². The van der Waals surface area contributed by atoms with Gasteiger partial charge in [-0.1, -0.05) is 47.5 Å². The van der Waals surface area contributed by atoms with Crippen molar-refractivity contribution in [3.8, 4) is 0 Å². The maximum atomic E-state index is 13.4. The van der Waals surface area contributed by atoms with Crippen molar-refractivity contribution in [2.45, 2.75) is 38.2 Å². The van der Waals surface area contributed by atoms with Crippen LogP contribution in [0.2, 0.25) is 5.02 Å². The molecule has 0 bridgehead atoms. The molecule has 0 radical (unpaired) electrons. The molecule has 0 aliphatic rings. The Hall–Kier alpha value is -2.31. The fourth-order valence-corrected chi connectivity index (χ4v) is 4.62. The van der Waals surface area contributed by atoms with Gasteiger partial charge in [-0.05, 0) is 45.9 Å². The van der Waals surface area contributed by atoms with Crippen LogP contribution in [-0.2, 0) is 14.8 Å². The topological polar surface area (TPSA) is 65.4 Å². The minimum absolute atomic E-state index is 0.0514. The van der Waals surface area contributed by atoms with Crippen LogP contribution in [0.25, 0.3) is 10.9 Å². The van der Waals surface area contributed by atoms with Gasteiger partial charge in [0.05, 0.1) is 15.4 Å². The summed E-state index contributed by atoms with van der Waals surface area (Å²) in [6, 6.07) is 13.1. The molecule has 0 N–H and O–H groups in total. The third-order valence-electron chi connectivity index (χ3n) is 3.92. The summed E-state index contributed by atoms with van der Waals surface area (Å²) in [4.78, 5) is 12.9. The lowest BCUT2D eigenvalue weighted by Crippen LogP contribution is -2.27. The lowest BCUT2D eigenvalue weighted by atomic mass is 10.2. The molecule has 3 aromatic rings. The van der Waals surface area contributed by atoms with E-state index in [0.717, 1.165) is 9.54 Å². The smallest absolute Gasteiger partial charge is 0.358 e. The zero-order valence-electron chi connectivity index (χ0n) is 15.5. The van der Waals surface area contributed by atoms with Crippen molar-refractivity contribution in [1.82, 2.24) is 3.97 Å². The highest BCUT2D eigenvalue weighted by molar-refractivity contribution is 7.90. The van der Waals surface area contributed by atoms with E-state index < -0.39 is 21.6 Å². The monoisotopic (exact) mass is 405 g/mol. The van der Waals surface area contributed by atoms with Gasteiger partial charge in [0.1, 0.15) is 5.60 Å². The number of nitrogens with zero attached hydrogens (tertiary/aromatic N) is 1. The minimum Gasteiger partial charge on any atom is -0.455 e. The summed E-state index contributed by atoms with van der Waals surface area (Å²) in [5, 5.41) is 0.520. The predicted octanol–water partition coefficient (Wildman–Crippen LogP) is 4.80. The molecule has 0 atom stereocenters. The molecule has 0 aliphatic carbocycles. The minimum atomic E-state index is -4.06. The third-order valence-corrected chi connectivity index (χ3v) is 6.03. The number of hydrogen-bond acceptors (Lipinski definition) is 4.